The Morgan fingerprint density at radius 1 is 0.500 bits per heavy atom. The van der Waals surface area contributed by atoms with Crippen LogP contribution in [0.3, 0.4) is 0 Å². The Balaban J connectivity index is 1.83. The molecule has 0 aliphatic carbocycles. The first-order valence-electron chi connectivity index (χ1n) is 20.2. The van der Waals surface area contributed by atoms with Gasteiger partial charge in [0.15, 0.2) is 0 Å². The van der Waals surface area contributed by atoms with E-state index in [1.54, 1.807) is 0 Å². The van der Waals surface area contributed by atoms with Gasteiger partial charge in [0.2, 0.25) is 0 Å². The van der Waals surface area contributed by atoms with Crippen molar-refractivity contribution in [2.45, 2.75) is 101 Å². The highest BCUT2D eigenvalue weighted by Gasteiger charge is 2.31. The monoisotopic (exact) mass is 989 g/mol. The minimum atomic E-state index is -4.48. The molecule has 0 bridgehead atoms. The fraction of sp³-hybridized carbons (Fsp3) is 0.667. The van der Waals surface area contributed by atoms with Crippen molar-refractivity contribution in [1.82, 2.24) is 9.80 Å². The molecule has 8 N–H and O–H groups in total. The Kier molecular flexibility index (Phi) is 22.8. The Morgan fingerprint density at radius 2 is 0.800 bits per heavy atom. The van der Waals surface area contributed by atoms with Crippen molar-refractivity contribution in [1.29, 1.82) is 0 Å². The van der Waals surface area contributed by atoms with Crippen LogP contribution in [0, 0.1) is 0 Å². The van der Waals surface area contributed by atoms with Gasteiger partial charge in [-0.1, -0.05) is 113 Å². The first-order valence-corrected chi connectivity index (χ1v) is 38.0. The van der Waals surface area contributed by atoms with E-state index < -0.39 is 79.7 Å². The molecule has 16 nitrogen and oxygen atoms in total. The fourth-order valence-corrected chi connectivity index (χ4v) is 19.2. The molecule has 0 aliphatic heterocycles. The van der Waals surface area contributed by atoms with Crippen LogP contribution in [-0.2, 0) is 31.1 Å². The molecule has 24 heteroatoms. The van der Waals surface area contributed by atoms with Crippen molar-refractivity contribution < 1.29 is 66.9 Å². The van der Waals surface area contributed by atoms with Crippen molar-refractivity contribution in [3.05, 3.63) is 59.7 Å². The minimum absolute atomic E-state index is 0.0887. The zero-order valence-electron chi connectivity index (χ0n) is 35.8. The van der Waals surface area contributed by atoms with Gasteiger partial charge in [0.25, 0.3) is 0 Å². The lowest BCUT2D eigenvalue weighted by atomic mass is 10.1. The van der Waals surface area contributed by atoms with Crippen LogP contribution in [0.2, 0.25) is 69.0 Å². The van der Waals surface area contributed by atoms with Crippen molar-refractivity contribution >= 4 is 64.8 Å². The SMILES string of the molecule is C[Si](C)(CCC[Si](C)(CCC[Si])CCC[Si](C)(C)COc1ccc(CCN(CP(=O)(O)O)CP(=O)(O)O)cc1)COc1ccc(CCN(CP(=O)(O)O)CP(=O)(O)O)cc1. The molecule has 0 atom stereocenters. The third-order valence-electron chi connectivity index (χ3n) is 10.3. The highest BCUT2D eigenvalue weighted by molar-refractivity contribution is 7.53. The van der Waals surface area contributed by atoms with Gasteiger partial charge in [-0.3, -0.25) is 28.1 Å². The van der Waals surface area contributed by atoms with Crippen molar-refractivity contribution in [3.63, 3.8) is 0 Å². The number of ether oxygens (including phenoxy) is 2. The first-order chi connectivity index (χ1) is 27.4. The molecular weight excluding hydrogens is 921 g/mol. The van der Waals surface area contributed by atoms with Crippen LogP contribution in [0.1, 0.15) is 30.4 Å². The van der Waals surface area contributed by atoms with Gasteiger partial charge in [0.05, 0.1) is 36.7 Å². The van der Waals surface area contributed by atoms with Gasteiger partial charge < -0.3 is 48.6 Å². The van der Waals surface area contributed by atoms with Crippen LogP contribution in [0.25, 0.3) is 0 Å². The van der Waals surface area contributed by atoms with Crippen molar-refractivity contribution in [2.24, 2.45) is 0 Å². The maximum atomic E-state index is 11.5. The predicted octanol–water partition coefficient (Wildman–Crippen LogP) is 6.71. The van der Waals surface area contributed by atoms with E-state index in [0.29, 0.717) is 25.3 Å². The van der Waals surface area contributed by atoms with Gasteiger partial charge in [0, 0.05) is 23.3 Å². The molecule has 0 saturated heterocycles. The summed E-state index contributed by atoms with van der Waals surface area (Å²) in [5.41, 5.74) is 1.73. The lowest BCUT2D eigenvalue weighted by molar-refractivity contribution is 0.277. The molecule has 0 spiro atoms. The Hall–Kier alpha value is -0.572. The van der Waals surface area contributed by atoms with Gasteiger partial charge >= 0.3 is 30.4 Å². The Labute approximate surface area is 363 Å². The summed E-state index contributed by atoms with van der Waals surface area (Å²) in [6, 6.07) is 22.1. The molecule has 2 aromatic carbocycles. The van der Waals surface area contributed by atoms with E-state index in [0.717, 1.165) is 38.5 Å². The van der Waals surface area contributed by atoms with Gasteiger partial charge in [-0.05, 0) is 48.2 Å². The molecule has 60 heavy (non-hydrogen) atoms. The fourth-order valence-electron chi connectivity index (χ4n) is 7.07. The van der Waals surface area contributed by atoms with Crippen LogP contribution in [0.4, 0.5) is 0 Å². The zero-order valence-corrected chi connectivity index (χ0v) is 43.3. The minimum Gasteiger partial charge on any atom is -0.497 e. The van der Waals surface area contributed by atoms with Crippen LogP contribution in [0.5, 0.6) is 11.5 Å². The molecular formula is C36H69N2O14P4Si4. The number of hydrogen-bond acceptors (Lipinski definition) is 8. The van der Waals surface area contributed by atoms with E-state index >= 15 is 0 Å². The average Bonchev–Trinajstić information content (AvgIpc) is 3.08. The van der Waals surface area contributed by atoms with E-state index in [1.165, 1.54) is 49.5 Å². The second-order valence-corrected chi connectivity index (χ2v) is 40.4. The number of hydrogen-bond donors (Lipinski definition) is 8. The van der Waals surface area contributed by atoms with E-state index in [4.69, 9.17) is 9.47 Å². The molecule has 0 heterocycles. The Morgan fingerprint density at radius 3 is 1.08 bits per heavy atom. The van der Waals surface area contributed by atoms with Gasteiger partial charge in [-0.15, -0.1) is 0 Å². The van der Waals surface area contributed by atoms with Crippen molar-refractivity contribution in [3.8, 4) is 11.5 Å². The zero-order chi connectivity index (χ0) is 45.5. The summed E-state index contributed by atoms with van der Waals surface area (Å²) in [5.74, 6) is 1.49. The van der Waals surface area contributed by atoms with Gasteiger partial charge in [-0.25, -0.2) is 0 Å². The number of nitrogens with zero attached hydrogens (tertiary/aromatic N) is 2. The first kappa shape index (κ1) is 55.6. The molecule has 343 valence electrons. The third-order valence-corrected chi connectivity index (χ3v) is 23.7. The van der Waals surface area contributed by atoms with E-state index in [2.05, 4.69) is 43.0 Å². The molecule has 0 saturated carbocycles. The van der Waals surface area contributed by atoms with Crippen LogP contribution in [-0.4, -0.2) is 134 Å². The maximum Gasteiger partial charge on any atom is 0.339 e. The molecule has 0 aliphatic rings. The van der Waals surface area contributed by atoms with Gasteiger partial charge in [0.1, 0.15) is 36.6 Å². The third kappa shape index (κ3) is 26.9. The largest absolute Gasteiger partial charge is 0.497 e. The van der Waals surface area contributed by atoms with Crippen molar-refractivity contribution in [2.75, 3.05) is 50.7 Å². The second kappa shape index (κ2) is 24.6. The molecule has 0 aromatic heterocycles. The van der Waals surface area contributed by atoms with Crippen LogP contribution >= 0.6 is 30.4 Å². The molecule has 2 aromatic rings. The highest BCUT2D eigenvalue weighted by Crippen LogP contribution is 2.42. The summed E-state index contributed by atoms with van der Waals surface area (Å²) in [7, 11) is -19.1. The topological polar surface area (TPSA) is 255 Å². The summed E-state index contributed by atoms with van der Waals surface area (Å²) >= 11 is 0. The van der Waals surface area contributed by atoms with E-state index in [9.17, 15) is 57.4 Å². The summed E-state index contributed by atoms with van der Waals surface area (Å²) in [6.07, 6.45) is 2.78. The quantitative estimate of drug-likeness (QED) is 0.0289. The number of benzene rings is 2. The maximum absolute atomic E-state index is 11.5. The molecule has 0 fully saturated rings. The van der Waals surface area contributed by atoms with E-state index in [1.807, 2.05) is 48.5 Å². The average molecular weight is 990 g/mol. The lowest BCUT2D eigenvalue weighted by Gasteiger charge is -2.31. The Bertz CT molecular complexity index is 1600. The lowest BCUT2D eigenvalue weighted by Crippen LogP contribution is -2.37. The van der Waals surface area contributed by atoms with Crippen LogP contribution in [0.15, 0.2) is 48.5 Å². The summed E-state index contributed by atoms with van der Waals surface area (Å²) in [5, 5.41) is 0. The summed E-state index contributed by atoms with van der Waals surface area (Å²) in [4.78, 5) is 76.7. The molecule has 3 radical (unpaired) electrons. The smallest absolute Gasteiger partial charge is 0.339 e. The van der Waals surface area contributed by atoms with E-state index in [-0.39, 0.29) is 13.1 Å². The summed E-state index contributed by atoms with van der Waals surface area (Å²) < 4.78 is 58.3. The number of rotatable bonds is 31. The molecule has 0 amide bonds. The molecule has 0 unspecified atom stereocenters. The normalized spacial score (nSPS) is 13.7. The standard InChI is InChI=1S/C36H69N2O14P4Si4/c1-58(2,31-51-35-13-9-33(10-14-35)17-19-37(27-53(39,40)41)28-54(42,43)44)22-7-25-60(5,24-6-21-57)26-8-23-59(3,4)32-52-36-15-11-34(12-16-36)18-20-38(29-55(45,46)47)30-56(48,49)50/h9-16H,6-8,17-32H2,1-5H3,(H2,39,40,41)(H2,42,43,44)(H2,45,46,47)(H2,48,49,50). The summed E-state index contributed by atoms with van der Waals surface area (Å²) in [6.45, 7) is 12.2. The van der Waals surface area contributed by atoms with Gasteiger partial charge in [-0.2, -0.15) is 0 Å². The predicted molar refractivity (Wildman–Crippen MR) is 247 cm³/mol. The van der Waals surface area contributed by atoms with Crippen LogP contribution < -0.4 is 9.47 Å². The molecule has 2 rings (SSSR count). The second-order valence-electron chi connectivity index (χ2n) is 18.1. The highest BCUT2D eigenvalue weighted by atomic mass is 31.2.